The van der Waals surface area contributed by atoms with Crippen LogP contribution in [0.3, 0.4) is 0 Å². The summed E-state index contributed by atoms with van der Waals surface area (Å²) < 4.78 is 0. The van der Waals surface area contributed by atoms with Crippen LogP contribution >= 0.6 is 0 Å². The van der Waals surface area contributed by atoms with E-state index in [4.69, 9.17) is 11.5 Å². The van der Waals surface area contributed by atoms with Crippen molar-refractivity contribution < 1.29 is 102 Å². The number of aliphatic imine (C=N–C) groups is 1. The zero-order valence-electron chi connectivity index (χ0n) is 59.4. The van der Waals surface area contributed by atoms with Crippen molar-refractivity contribution in [3.63, 3.8) is 0 Å². The van der Waals surface area contributed by atoms with Gasteiger partial charge in [0.2, 0.25) is 82.7 Å². The number of carboxylic acid groups (broad SMARTS) is 3. The van der Waals surface area contributed by atoms with E-state index in [0.717, 1.165) is 16.2 Å². The third-order valence-electron chi connectivity index (χ3n) is 19.9. The van der Waals surface area contributed by atoms with Gasteiger partial charge in [-0.15, -0.1) is 0 Å². The van der Waals surface area contributed by atoms with E-state index in [9.17, 15) is 102 Å². The number of amides is 14. The molecule has 0 radical (unpaired) electrons. The molecule has 0 aromatic carbocycles. The van der Waals surface area contributed by atoms with Gasteiger partial charge in [0.25, 0.3) is 0 Å². The number of guanidine groups is 1. The zero-order valence-corrected chi connectivity index (χ0v) is 59.4. The molecular weight excluding hydrogens is 1380 g/mol. The van der Waals surface area contributed by atoms with Crippen LogP contribution in [0, 0.1) is 5.92 Å². The molecule has 0 saturated carbocycles. The maximum absolute atomic E-state index is 14.4. The minimum atomic E-state index is -1.65. The van der Waals surface area contributed by atoms with Crippen LogP contribution in [0.2, 0.25) is 0 Å². The molecule has 39 heteroatoms. The molecule has 0 aliphatic carbocycles. The number of aliphatic hydroxyl groups is 1. The highest BCUT2D eigenvalue weighted by molar-refractivity contribution is 6.00. The average Bonchev–Trinajstić information content (AvgIpc) is 1.70. The minimum absolute atomic E-state index is 0.0235. The SMILES string of the molecule is CC(C)C[C@H](NC(=O)CNC(=O)CNC(=O)[C@H](CO)NC(=O)[C@@H]1CCCN1C(=O)[C@H](CCC(=O)O)NC(=O)[C@@H]1CCCN1C(=O)[C@@H]1CCCN1)C(=O)N1CCC[C@H]1C(=O)N[C@@H](CCCN=C(N)N)C(=O)NCC(=O)N1CCC[C@H]1C(=O)N1CCC[C@H]1C(=O)N[C@@H](CCC(=O)O)C(=O)N1CCC[C@H]1C(=O)O. The molecular formula is C66H102N18O21. The lowest BCUT2D eigenvalue weighted by Crippen LogP contribution is -2.59. The maximum Gasteiger partial charge on any atom is 0.326 e. The molecule has 582 valence electrons. The van der Waals surface area contributed by atoms with Crippen LogP contribution in [0.1, 0.15) is 149 Å². The molecule has 12 atom stereocenters. The number of carbonyl (C=O) groups is 17. The summed E-state index contributed by atoms with van der Waals surface area (Å²) in [6, 6.07) is -14.1. The van der Waals surface area contributed by atoms with Crippen molar-refractivity contribution in [2.75, 3.05) is 78.6 Å². The van der Waals surface area contributed by atoms with Crippen molar-refractivity contribution >= 4 is 107 Å². The zero-order chi connectivity index (χ0) is 76.8. The molecule has 7 fully saturated rings. The van der Waals surface area contributed by atoms with Gasteiger partial charge in [0.1, 0.15) is 66.5 Å². The second-order valence-corrected chi connectivity index (χ2v) is 27.9. The number of likely N-dealkylation sites (tertiary alicyclic amines) is 6. The number of carboxylic acids is 3. The van der Waals surface area contributed by atoms with Gasteiger partial charge in [0, 0.05) is 58.7 Å². The number of aliphatic hydroxyl groups excluding tert-OH is 1. The van der Waals surface area contributed by atoms with E-state index in [-0.39, 0.29) is 121 Å². The first-order valence-corrected chi connectivity index (χ1v) is 36.2. The second kappa shape index (κ2) is 39.3. The normalized spacial score (nSPS) is 22.8. The number of nitrogens with two attached hydrogens (primary N) is 2. The molecule has 0 aromatic rings. The van der Waals surface area contributed by atoms with Crippen LogP contribution in [0.5, 0.6) is 0 Å². The van der Waals surface area contributed by atoms with Gasteiger partial charge in [-0.25, -0.2) is 4.79 Å². The summed E-state index contributed by atoms with van der Waals surface area (Å²) in [5, 5.41) is 62.0. The fourth-order valence-corrected chi connectivity index (χ4v) is 14.7. The van der Waals surface area contributed by atoms with Gasteiger partial charge < -0.3 is 109 Å². The lowest BCUT2D eigenvalue weighted by Gasteiger charge is -2.32. The third-order valence-corrected chi connectivity index (χ3v) is 19.9. The number of aliphatic carboxylic acids is 3. The summed E-state index contributed by atoms with van der Waals surface area (Å²) in [5.41, 5.74) is 11.1. The quantitative estimate of drug-likeness (QED) is 0.0158. The van der Waals surface area contributed by atoms with Crippen molar-refractivity contribution in [2.24, 2.45) is 22.4 Å². The van der Waals surface area contributed by atoms with Crippen LogP contribution in [-0.4, -0.2) is 307 Å². The van der Waals surface area contributed by atoms with Crippen molar-refractivity contribution in [1.82, 2.24) is 77.3 Å². The van der Waals surface area contributed by atoms with E-state index in [1.165, 1.54) is 19.6 Å². The Bertz CT molecular complexity index is 3270. The van der Waals surface area contributed by atoms with Crippen molar-refractivity contribution in [3.05, 3.63) is 0 Å². The van der Waals surface area contributed by atoms with E-state index >= 15 is 0 Å². The standard InChI is InChI=1S/C66H102N18O21/c1-36(2)31-41(74-50(87)33-71-49(86)32-72-55(94)42(35-85)78-59(98)45-15-6-27-81(45)61(100)39(19-21-52(89)90)76-57(96)44-14-5-26-80(44)60(99)38-12-4-23-69-38)63(102)82-28-7-13-43(82)56(95)75-37(11-3-24-70-66(67)68)54(93)73-34-51(88)79-25-9-17-47(79)64(103)83-29-8-16-46(83)58(97)77-40(20-22-53(91)92)62(101)84-30-10-18-48(84)65(104)105/h36-48,69,85H,3-35H2,1-2H3,(H,71,86)(H,72,94)(H,73,93)(H,74,87)(H,75,95)(H,76,96)(H,77,97)(H,78,98)(H,89,90)(H,91,92)(H,104,105)(H4,67,68,70)/t37-,38-,39-,40-,41-,42-,43-,44-,45-,46-,47-,48-/m0/s1. The van der Waals surface area contributed by atoms with Crippen LogP contribution in [-0.2, 0) is 81.5 Å². The average molecular weight is 1480 g/mol. The molecule has 7 rings (SSSR count). The fourth-order valence-electron chi connectivity index (χ4n) is 14.7. The van der Waals surface area contributed by atoms with Crippen LogP contribution in [0.25, 0.3) is 0 Å². The highest BCUT2D eigenvalue weighted by atomic mass is 16.4. The Kier molecular flexibility index (Phi) is 30.9. The summed E-state index contributed by atoms with van der Waals surface area (Å²) in [4.78, 5) is 240. The molecule has 7 heterocycles. The summed E-state index contributed by atoms with van der Waals surface area (Å²) in [7, 11) is 0. The summed E-state index contributed by atoms with van der Waals surface area (Å²) in [5.74, 6) is -14.5. The Morgan fingerprint density at radius 2 is 0.867 bits per heavy atom. The molecule has 17 N–H and O–H groups in total. The lowest BCUT2D eigenvalue weighted by molar-refractivity contribution is -0.150. The molecule has 7 aliphatic rings. The van der Waals surface area contributed by atoms with Crippen LogP contribution in [0.15, 0.2) is 4.99 Å². The number of carbonyl (C=O) groups excluding carboxylic acids is 14. The topological polar surface area (TPSA) is 563 Å². The monoisotopic (exact) mass is 1480 g/mol. The Hall–Kier alpha value is -9.82. The molecule has 0 aromatic heterocycles. The van der Waals surface area contributed by atoms with Gasteiger partial charge in [0.15, 0.2) is 5.96 Å². The van der Waals surface area contributed by atoms with Crippen molar-refractivity contribution in [2.45, 2.75) is 221 Å². The summed E-state index contributed by atoms with van der Waals surface area (Å²) >= 11 is 0. The summed E-state index contributed by atoms with van der Waals surface area (Å²) in [6.07, 6.45) is 3.24. The first kappa shape index (κ1) is 82.5. The third kappa shape index (κ3) is 22.8. The molecule has 7 saturated heterocycles. The largest absolute Gasteiger partial charge is 0.481 e. The molecule has 0 bridgehead atoms. The number of hydrogen-bond acceptors (Lipinski definition) is 20. The Morgan fingerprint density at radius 1 is 0.448 bits per heavy atom. The minimum Gasteiger partial charge on any atom is -0.481 e. The number of nitrogens with zero attached hydrogens (tertiary/aromatic N) is 7. The smallest absolute Gasteiger partial charge is 0.326 e. The van der Waals surface area contributed by atoms with Gasteiger partial charge in [-0.1, -0.05) is 13.8 Å². The molecule has 14 amide bonds. The second-order valence-electron chi connectivity index (χ2n) is 27.9. The van der Waals surface area contributed by atoms with E-state index in [1.807, 2.05) is 0 Å². The Morgan fingerprint density at radius 3 is 1.34 bits per heavy atom. The molecule has 105 heavy (non-hydrogen) atoms. The van der Waals surface area contributed by atoms with Crippen molar-refractivity contribution in [1.29, 1.82) is 0 Å². The number of nitrogens with one attached hydrogen (secondary N) is 9. The van der Waals surface area contributed by atoms with Gasteiger partial charge in [-0.05, 0) is 134 Å². The van der Waals surface area contributed by atoms with E-state index in [1.54, 1.807) is 13.8 Å². The Labute approximate surface area is 605 Å². The first-order valence-electron chi connectivity index (χ1n) is 36.2. The molecule has 0 spiro atoms. The lowest BCUT2D eigenvalue weighted by atomic mass is 10.0. The molecule has 7 aliphatic heterocycles. The fraction of sp³-hybridized carbons (Fsp3) is 0.727. The predicted molar refractivity (Wildman–Crippen MR) is 366 cm³/mol. The van der Waals surface area contributed by atoms with Gasteiger partial charge in [0.05, 0.1) is 32.3 Å². The molecule has 39 nitrogen and oxygen atoms in total. The number of rotatable bonds is 36. The predicted octanol–water partition coefficient (Wildman–Crippen LogP) is -6.64. The van der Waals surface area contributed by atoms with Gasteiger partial charge in [-0.2, -0.15) is 0 Å². The maximum atomic E-state index is 14.4. The highest BCUT2D eigenvalue weighted by Gasteiger charge is 2.47. The van der Waals surface area contributed by atoms with Gasteiger partial charge >= 0.3 is 17.9 Å². The number of hydrogen-bond donors (Lipinski definition) is 15. The van der Waals surface area contributed by atoms with E-state index < -0.39 is 206 Å². The van der Waals surface area contributed by atoms with E-state index in [0.29, 0.717) is 64.5 Å². The Balaban J connectivity index is 0.890. The van der Waals surface area contributed by atoms with Crippen molar-refractivity contribution in [3.8, 4) is 0 Å². The van der Waals surface area contributed by atoms with E-state index in [2.05, 4.69) is 52.8 Å². The summed E-state index contributed by atoms with van der Waals surface area (Å²) in [6.45, 7) is 1.88. The molecule has 0 unspecified atom stereocenters. The highest BCUT2D eigenvalue weighted by Crippen LogP contribution is 2.29. The van der Waals surface area contributed by atoms with Crippen LogP contribution < -0.4 is 59.3 Å². The van der Waals surface area contributed by atoms with Gasteiger partial charge in [-0.3, -0.25) is 81.7 Å². The first-order chi connectivity index (χ1) is 50.0. The van der Waals surface area contributed by atoms with Crippen LogP contribution in [0.4, 0.5) is 0 Å².